The van der Waals surface area contributed by atoms with Crippen molar-refractivity contribution in [3.05, 3.63) is 81.9 Å². The molecule has 0 aromatic carbocycles. The van der Waals surface area contributed by atoms with E-state index in [4.69, 9.17) is 15.1 Å². The van der Waals surface area contributed by atoms with E-state index in [-0.39, 0.29) is 18.9 Å². The lowest BCUT2D eigenvalue weighted by Gasteiger charge is -2.28. The molecule has 0 saturated heterocycles. The average molecular weight is 684 g/mol. The van der Waals surface area contributed by atoms with E-state index in [1.54, 1.807) is 0 Å². The van der Waals surface area contributed by atoms with Crippen LogP contribution in [0.15, 0.2) is 36.9 Å². The molecule has 7 N–H and O–H groups in total. The molecule has 3 aromatic rings. The minimum atomic E-state index is -1.77. The molecule has 0 aliphatic carbocycles. The highest BCUT2D eigenvalue weighted by Gasteiger charge is 2.31. The van der Waals surface area contributed by atoms with Gasteiger partial charge in [-0.25, -0.2) is 9.97 Å². The summed E-state index contributed by atoms with van der Waals surface area (Å²) in [6.45, 7) is 15.4. The van der Waals surface area contributed by atoms with Crippen LogP contribution in [-0.2, 0) is 11.2 Å². The largest absolute Gasteiger partial charge is 0.394 e. The second-order valence-corrected chi connectivity index (χ2v) is 13.4. The Hall–Kier alpha value is -4.39. The summed E-state index contributed by atoms with van der Waals surface area (Å²) in [5, 5.41) is 49.4. The number of fused-ring (bicyclic) bond motifs is 8. The number of hydrogen-bond donors (Lipinski definition) is 7. The number of allylic oxidation sites excluding steroid dienone is 5. The minimum absolute atomic E-state index is 0.0949. The zero-order chi connectivity index (χ0) is 36.6. The minimum Gasteiger partial charge on any atom is -0.394 e. The highest BCUT2D eigenvalue weighted by molar-refractivity contribution is 5.98. The van der Waals surface area contributed by atoms with Crippen LogP contribution < -0.4 is 0 Å². The summed E-state index contributed by atoms with van der Waals surface area (Å²) in [6.07, 6.45) is -3.52. The number of likely N-dealkylation sites (N-methyl/N-ethyl adjacent to an activating group) is 1. The fraction of sp³-hybridized carbons (Fsp3) is 0.410. The lowest BCUT2D eigenvalue weighted by molar-refractivity contribution is -0.137. The van der Waals surface area contributed by atoms with E-state index in [0.717, 1.165) is 84.7 Å². The number of aliphatic hydroxyl groups is 5. The van der Waals surface area contributed by atoms with Crippen molar-refractivity contribution in [2.24, 2.45) is 0 Å². The third kappa shape index (κ3) is 6.97. The molecule has 5 rings (SSSR count). The maximum absolute atomic E-state index is 13.3. The molecule has 8 bridgehead atoms. The molecule has 2 aliphatic heterocycles. The molecule has 5 heterocycles. The Labute approximate surface area is 292 Å². The van der Waals surface area contributed by atoms with Crippen LogP contribution in [0.3, 0.4) is 0 Å². The van der Waals surface area contributed by atoms with Gasteiger partial charge in [-0.05, 0) is 111 Å². The van der Waals surface area contributed by atoms with E-state index in [9.17, 15) is 25.2 Å². The van der Waals surface area contributed by atoms with Gasteiger partial charge in [0.1, 0.15) is 24.4 Å². The first-order valence-corrected chi connectivity index (χ1v) is 17.0. The van der Waals surface area contributed by atoms with Crippen molar-refractivity contribution < 1.29 is 30.3 Å². The van der Waals surface area contributed by atoms with Gasteiger partial charge in [-0.1, -0.05) is 19.6 Å². The van der Waals surface area contributed by atoms with Gasteiger partial charge in [0.05, 0.1) is 29.4 Å². The van der Waals surface area contributed by atoms with E-state index in [2.05, 4.69) is 55.5 Å². The van der Waals surface area contributed by atoms with Crippen LogP contribution in [0.2, 0.25) is 0 Å². The molecule has 11 heteroatoms. The predicted octanol–water partition coefficient (Wildman–Crippen LogP) is 4.52. The van der Waals surface area contributed by atoms with Gasteiger partial charge in [-0.2, -0.15) is 0 Å². The summed E-state index contributed by atoms with van der Waals surface area (Å²) in [5.41, 5.74) is 15.3. The fourth-order valence-electron chi connectivity index (χ4n) is 6.82. The number of H-pyrrole nitrogens is 2. The monoisotopic (exact) mass is 683 g/mol. The van der Waals surface area contributed by atoms with Crippen LogP contribution >= 0.6 is 0 Å². The van der Waals surface area contributed by atoms with Crippen LogP contribution in [-0.4, -0.2) is 101 Å². The van der Waals surface area contributed by atoms with Crippen LogP contribution in [0.4, 0.5) is 0 Å². The number of nitrogens with zero attached hydrogens (tertiary/aromatic N) is 3. The second kappa shape index (κ2) is 14.8. The maximum Gasteiger partial charge on any atom is 0.222 e. The van der Waals surface area contributed by atoms with Gasteiger partial charge < -0.3 is 40.4 Å². The van der Waals surface area contributed by atoms with Crippen molar-refractivity contribution in [1.82, 2.24) is 24.8 Å². The number of carbonyl (C=O) groups excluding carboxylic acids is 1. The molecule has 0 saturated carbocycles. The molecular weight excluding hydrogens is 634 g/mol. The summed E-state index contributed by atoms with van der Waals surface area (Å²) in [5.74, 6) is -0.286. The summed E-state index contributed by atoms with van der Waals surface area (Å²) in [7, 11) is 1.50. The fourth-order valence-corrected chi connectivity index (χ4v) is 6.82. The van der Waals surface area contributed by atoms with E-state index in [1.165, 1.54) is 23.1 Å². The molecule has 4 atom stereocenters. The molecule has 2 aliphatic rings. The first-order chi connectivity index (χ1) is 23.7. The summed E-state index contributed by atoms with van der Waals surface area (Å²) in [6, 6.07) is 8.34. The zero-order valence-electron chi connectivity index (χ0n) is 29.9. The van der Waals surface area contributed by atoms with E-state index in [1.807, 2.05) is 32.9 Å². The molecule has 3 aromatic heterocycles. The number of amides is 1. The van der Waals surface area contributed by atoms with Crippen molar-refractivity contribution in [2.75, 3.05) is 20.2 Å². The average Bonchev–Trinajstić information content (AvgIpc) is 3.80. The normalized spacial score (nSPS) is 15.7. The maximum atomic E-state index is 13.3. The second-order valence-electron chi connectivity index (χ2n) is 13.4. The highest BCUT2D eigenvalue weighted by Crippen LogP contribution is 2.38. The number of carbonyl (C=O) groups is 1. The number of rotatable bonds is 11. The van der Waals surface area contributed by atoms with Gasteiger partial charge in [0.25, 0.3) is 0 Å². The Morgan fingerprint density at radius 1 is 0.840 bits per heavy atom. The Morgan fingerprint density at radius 3 is 2.14 bits per heavy atom. The number of nitrogens with one attached hydrogen (secondary N) is 2. The molecule has 266 valence electrons. The van der Waals surface area contributed by atoms with Gasteiger partial charge in [-0.3, -0.25) is 4.79 Å². The lowest BCUT2D eigenvalue weighted by Crippen LogP contribution is -2.49. The molecule has 1 amide bonds. The van der Waals surface area contributed by atoms with Crippen molar-refractivity contribution in [2.45, 2.75) is 85.2 Å². The Kier molecular flexibility index (Phi) is 10.9. The smallest absolute Gasteiger partial charge is 0.222 e. The molecule has 0 unspecified atom stereocenters. The highest BCUT2D eigenvalue weighted by atomic mass is 16.4. The predicted molar refractivity (Wildman–Crippen MR) is 198 cm³/mol. The van der Waals surface area contributed by atoms with Crippen LogP contribution in [0.25, 0.3) is 44.4 Å². The summed E-state index contributed by atoms with van der Waals surface area (Å²) >= 11 is 0. The van der Waals surface area contributed by atoms with Gasteiger partial charge in [0.2, 0.25) is 5.91 Å². The van der Waals surface area contributed by atoms with Crippen LogP contribution in [0, 0.1) is 20.8 Å². The number of aromatic nitrogens is 4. The van der Waals surface area contributed by atoms with E-state index >= 15 is 0 Å². The third-order valence-corrected chi connectivity index (χ3v) is 10.1. The number of aliphatic hydroxyl groups excluding tert-OH is 5. The molecular formula is C39H49N5O6. The molecule has 0 radical (unpaired) electrons. The number of aryl methyl sites for hydroxylation is 4. The Balaban J connectivity index is 1.60. The first-order valence-electron chi connectivity index (χ1n) is 17.0. The van der Waals surface area contributed by atoms with Crippen LogP contribution in [0.1, 0.15) is 78.6 Å². The van der Waals surface area contributed by atoms with Crippen LogP contribution in [0.5, 0.6) is 0 Å². The summed E-state index contributed by atoms with van der Waals surface area (Å²) < 4.78 is 0. The zero-order valence-corrected chi connectivity index (χ0v) is 29.9. The topological polar surface area (TPSA) is 179 Å². The van der Waals surface area contributed by atoms with Crippen molar-refractivity contribution in [3.63, 3.8) is 0 Å². The molecule has 0 fully saturated rings. The summed E-state index contributed by atoms with van der Waals surface area (Å²) in [4.78, 5) is 32.0. The quantitative estimate of drug-likeness (QED) is 0.154. The van der Waals surface area contributed by atoms with Gasteiger partial charge in [-0.15, -0.1) is 0 Å². The number of aromatic amines is 2. The third-order valence-electron chi connectivity index (χ3n) is 10.1. The van der Waals surface area contributed by atoms with E-state index in [0.29, 0.717) is 6.42 Å². The van der Waals surface area contributed by atoms with Crippen molar-refractivity contribution in [3.8, 4) is 0 Å². The van der Waals surface area contributed by atoms with Gasteiger partial charge >= 0.3 is 0 Å². The molecule has 50 heavy (non-hydrogen) atoms. The first kappa shape index (κ1) is 36.9. The Bertz CT molecular complexity index is 2050. The van der Waals surface area contributed by atoms with Crippen molar-refractivity contribution >= 4 is 50.3 Å². The lowest BCUT2D eigenvalue weighted by atomic mass is 9.98. The number of hydrogen-bond acceptors (Lipinski definition) is 8. The Morgan fingerprint density at radius 2 is 1.48 bits per heavy atom. The standard InChI is InChI=1S/C39H49N5O6/c1-9-24-21(5)30-16-33-25(10-2)20(4)29(41-33)15-31-22(6)26(11-12-36(48)44(8)17-34(46)38(49)39(50)35(47)18-45)37(43-31)23(7)28-13-19(3)27(40-28)14-32(24)42-30/h10,13-16,34-35,38-40,42,45-47,49-50H,2,9,11-12,17-18H2,1,3-8H3/t34-,35+,38+,39+/m0/s1. The van der Waals surface area contributed by atoms with E-state index < -0.39 is 31.0 Å². The van der Waals surface area contributed by atoms with Gasteiger partial charge in [0, 0.05) is 47.7 Å². The molecule has 11 nitrogen and oxygen atoms in total. The molecule has 0 spiro atoms. The van der Waals surface area contributed by atoms with Gasteiger partial charge in [0.15, 0.2) is 0 Å². The SMILES string of the molecule is C=CC1=C(C)c2cc3nc(c(C)c4cc(C)c(cc5[nH]c(cc1n2)c(C)c5CC)[nH]4)C(CCC(=O)N(C)C[C@H](O)[C@@H](O)[C@H](O)[C@H](O)CO)=C3C. The van der Waals surface area contributed by atoms with Crippen molar-refractivity contribution in [1.29, 1.82) is 0 Å².